The van der Waals surface area contributed by atoms with E-state index in [2.05, 4.69) is 30.2 Å². The van der Waals surface area contributed by atoms with Crippen molar-refractivity contribution in [1.29, 1.82) is 0 Å². The maximum atomic E-state index is 12.1. The number of pyridine rings is 1. The van der Waals surface area contributed by atoms with Gasteiger partial charge in [-0.25, -0.2) is 9.78 Å². The molecule has 1 N–H and O–H groups in total. The van der Waals surface area contributed by atoms with Crippen LogP contribution in [0.5, 0.6) is 0 Å². The van der Waals surface area contributed by atoms with Crippen molar-refractivity contribution in [3.63, 3.8) is 0 Å². The van der Waals surface area contributed by atoms with Gasteiger partial charge in [-0.3, -0.25) is 9.78 Å². The van der Waals surface area contributed by atoms with Gasteiger partial charge in [-0.15, -0.1) is 11.3 Å². The highest BCUT2D eigenvalue weighted by Crippen LogP contribution is 2.23. The minimum Gasteiger partial charge on any atom is -0.464 e. The monoisotopic (exact) mass is 373 g/mol. The summed E-state index contributed by atoms with van der Waals surface area (Å²) in [5.41, 5.74) is 0.986. The number of aromatic nitrogens is 4. The van der Waals surface area contributed by atoms with Gasteiger partial charge in [0.05, 0.1) is 7.11 Å². The fraction of sp³-hybridized carbons (Fsp3) is 0.250. The van der Waals surface area contributed by atoms with Crippen LogP contribution in [0.1, 0.15) is 27.7 Å². The molecule has 9 nitrogen and oxygen atoms in total. The second kappa shape index (κ2) is 7.83. The maximum Gasteiger partial charge on any atom is 0.357 e. The zero-order chi connectivity index (χ0) is 18.5. The lowest BCUT2D eigenvalue weighted by Crippen LogP contribution is -2.12. The van der Waals surface area contributed by atoms with E-state index in [1.807, 2.05) is 0 Å². The van der Waals surface area contributed by atoms with Crippen LogP contribution >= 0.6 is 11.3 Å². The molecule has 3 heterocycles. The van der Waals surface area contributed by atoms with Crippen molar-refractivity contribution in [1.82, 2.24) is 20.1 Å². The molecule has 0 fully saturated rings. The second-order valence-electron chi connectivity index (χ2n) is 5.21. The molecule has 0 aliphatic heterocycles. The van der Waals surface area contributed by atoms with Gasteiger partial charge >= 0.3 is 5.97 Å². The first-order valence-corrected chi connectivity index (χ1v) is 8.47. The molecule has 0 aliphatic rings. The molecule has 26 heavy (non-hydrogen) atoms. The van der Waals surface area contributed by atoms with Crippen LogP contribution < -0.4 is 5.32 Å². The first-order chi connectivity index (χ1) is 12.6. The normalized spacial score (nSPS) is 10.5. The number of thiazole rings is 1. The summed E-state index contributed by atoms with van der Waals surface area (Å²) < 4.78 is 9.79. The summed E-state index contributed by atoms with van der Waals surface area (Å²) in [5, 5.41) is 6.88. The number of hydrogen-bond donors (Lipinski definition) is 1. The lowest BCUT2D eigenvalue weighted by atomic mass is 10.2. The van der Waals surface area contributed by atoms with Gasteiger partial charge in [-0.05, 0) is 19.1 Å². The van der Waals surface area contributed by atoms with E-state index in [1.54, 1.807) is 31.5 Å². The van der Waals surface area contributed by atoms with Gasteiger partial charge in [-0.2, -0.15) is 4.98 Å². The van der Waals surface area contributed by atoms with Gasteiger partial charge in [0.2, 0.25) is 17.6 Å². The largest absolute Gasteiger partial charge is 0.464 e. The summed E-state index contributed by atoms with van der Waals surface area (Å²) in [7, 11) is 1.28. The minimum absolute atomic E-state index is 0.143. The molecular weight excluding hydrogens is 358 g/mol. The number of hydrogen-bond acceptors (Lipinski definition) is 9. The number of nitrogens with one attached hydrogen (secondary N) is 1. The van der Waals surface area contributed by atoms with Gasteiger partial charge in [0.15, 0.2) is 10.8 Å². The fourth-order valence-corrected chi connectivity index (χ4v) is 2.93. The number of ether oxygens (including phenoxy) is 1. The number of aryl methyl sites for hydroxylation is 2. The average Bonchev–Trinajstić information content (AvgIpc) is 3.27. The molecule has 10 heteroatoms. The summed E-state index contributed by atoms with van der Waals surface area (Å²) in [4.78, 5) is 36.5. The molecule has 0 unspecified atom stereocenters. The maximum absolute atomic E-state index is 12.1. The molecule has 3 aromatic rings. The number of esters is 1. The molecule has 0 aromatic carbocycles. The predicted octanol–water partition coefficient (Wildman–Crippen LogP) is 2.25. The van der Waals surface area contributed by atoms with Gasteiger partial charge in [0.1, 0.15) is 0 Å². The Labute approximate surface area is 152 Å². The Morgan fingerprint density at radius 3 is 2.77 bits per heavy atom. The van der Waals surface area contributed by atoms with Crippen LogP contribution in [0.4, 0.5) is 5.13 Å². The molecule has 0 spiro atoms. The summed E-state index contributed by atoms with van der Waals surface area (Å²) in [5.74, 6) is 0.00573. The van der Waals surface area contributed by atoms with Crippen LogP contribution in [0.3, 0.4) is 0 Å². The Morgan fingerprint density at radius 2 is 2.04 bits per heavy atom. The summed E-state index contributed by atoms with van der Waals surface area (Å²) in [6.45, 7) is 1.73. The van der Waals surface area contributed by atoms with E-state index in [9.17, 15) is 9.59 Å². The highest BCUT2D eigenvalue weighted by molar-refractivity contribution is 7.16. The standard InChI is InChI=1S/C16H15N5O4S/c1-9-13(15(23)24-2)20-16(26-9)18-11(22)3-4-12-19-14(21-25-12)10-5-7-17-8-6-10/h5-8H,3-4H2,1-2H3,(H,18,20,22). The van der Waals surface area contributed by atoms with Crippen molar-refractivity contribution in [3.05, 3.63) is 41.0 Å². The number of carbonyl (C=O) groups excluding carboxylic acids is 2. The zero-order valence-corrected chi connectivity index (χ0v) is 14.9. The average molecular weight is 373 g/mol. The first kappa shape index (κ1) is 17.7. The number of rotatable bonds is 6. The van der Waals surface area contributed by atoms with Gasteiger partial charge < -0.3 is 14.6 Å². The number of anilines is 1. The van der Waals surface area contributed by atoms with Crippen LogP contribution in [0, 0.1) is 6.92 Å². The van der Waals surface area contributed by atoms with Crippen molar-refractivity contribution in [3.8, 4) is 11.4 Å². The molecule has 0 atom stereocenters. The highest BCUT2D eigenvalue weighted by atomic mass is 32.1. The van der Waals surface area contributed by atoms with Crippen molar-refractivity contribution in [2.24, 2.45) is 0 Å². The van der Waals surface area contributed by atoms with Crippen LogP contribution in [-0.2, 0) is 16.0 Å². The van der Waals surface area contributed by atoms with Gasteiger partial charge in [0, 0.05) is 35.7 Å². The zero-order valence-electron chi connectivity index (χ0n) is 14.1. The molecule has 0 radical (unpaired) electrons. The highest BCUT2D eigenvalue weighted by Gasteiger charge is 2.17. The van der Waals surface area contributed by atoms with E-state index in [4.69, 9.17) is 4.52 Å². The molecule has 0 bridgehead atoms. The fourth-order valence-electron chi connectivity index (χ4n) is 2.11. The molecule has 0 saturated heterocycles. The Bertz CT molecular complexity index is 922. The quantitative estimate of drug-likeness (QED) is 0.653. The Hall–Kier alpha value is -3.14. The van der Waals surface area contributed by atoms with E-state index in [0.717, 1.165) is 5.56 Å². The molecule has 134 valence electrons. The van der Waals surface area contributed by atoms with Crippen molar-refractivity contribution < 1.29 is 18.8 Å². The third-order valence-electron chi connectivity index (χ3n) is 3.39. The van der Waals surface area contributed by atoms with Crippen LogP contribution in [-0.4, -0.2) is 39.1 Å². The van der Waals surface area contributed by atoms with Crippen LogP contribution in [0.15, 0.2) is 29.0 Å². The van der Waals surface area contributed by atoms with E-state index in [0.29, 0.717) is 21.7 Å². The van der Waals surface area contributed by atoms with Crippen LogP contribution in [0.2, 0.25) is 0 Å². The number of carbonyl (C=O) groups is 2. The molecule has 0 saturated carbocycles. The molecule has 3 aromatic heterocycles. The van der Waals surface area contributed by atoms with E-state index in [1.165, 1.54) is 18.4 Å². The molecular formula is C16H15N5O4S. The van der Waals surface area contributed by atoms with Gasteiger partial charge in [0.25, 0.3) is 0 Å². The first-order valence-electron chi connectivity index (χ1n) is 7.65. The smallest absolute Gasteiger partial charge is 0.357 e. The van der Waals surface area contributed by atoms with E-state index in [-0.39, 0.29) is 24.4 Å². The van der Waals surface area contributed by atoms with E-state index >= 15 is 0 Å². The predicted molar refractivity (Wildman–Crippen MR) is 92.7 cm³/mol. The van der Waals surface area contributed by atoms with Crippen molar-refractivity contribution >= 4 is 28.3 Å². The Morgan fingerprint density at radius 1 is 1.27 bits per heavy atom. The minimum atomic E-state index is -0.534. The molecule has 3 rings (SSSR count). The third-order valence-corrected chi connectivity index (χ3v) is 4.28. The van der Waals surface area contributed by atoms with Crippen molar-refractivity contribution in [2.75, 3.05) is 12.4 Å². The topological polar surface area (TPSA) is 120 Å². The lowest BCUT2D eigenvalue weighted by molar-refractivity contribution is -0.116. The van der Waals surface area contributed by atoms with Crippen molar-refractivity contribution in [2.45, 2.75) is 19.8 Å². The summed E-state index contributed by atoms with van der Waals surface area (Å²) in [6.07, 6.45) is 3.71. The van der Waals surface area contributed by atoms with Gasteiger partial charge in [-0.1, -0.05) is 5.16 Å². The van der Waals surface area contributed by atoms with Crippen LogP contribution in [0.25, 0.3) is 11.4 Å². The number of methoxy groups -OCH3 is 1. The Kier molecular flexibility index (Phi) is 5.32. The summed E-state index contributed by atoms with van der Waals surface area (Å²) >= 11 is 1.21. The van der Waals surface area contributed by atoms with E-state index < -0.39 is 5.97 Å². The number of amides is 1. The second-order valence-corrected chi connectivity index (χ2v) is 6.41. The summed E-state index contributed by atoms with van der Waals surface area (Å²) in [6, 6.07) is 3.54. The Balaban J connectivity index is 1.56. The third kappa shape index (κ3) is 4.09. The number of nitrogens with zero attached hydrogens (tertiary/aromatic N) is 4. The SMILES string of the molecule is COC(=O)c1nc(NC(=O)CCc2nc(-c3ccncc3)no2)sc1C. The lowest BCUT2D eigenvalue weighted by Gasteiger charge is -1.99. The molecule has 1 amide bonds. The molecule has 0 aliphatic carbocycles.